The van der Waals surface area contributed by atoms with E-state index in [0.717, 1.165) is 5.56 Å². The van der Waals surface area contributed by atoms with Crippen molar-refractivity contribution in [3.05, 3.63) is 35.4 Å². The number of likely N-dealkylation sites (tertiary alicyclic amines) is 1. The summed E-state index contributed by atoms with van der Waals surface area (Å²) < 4.78 is 0. The zero-order chi connectivity index (χ0) is 12.3. The number of nitrogens with zero attached hydrogens (tertiary/aromatic N) is 1. The van der Waals surface area contributed by atoms with Crippen LogP contribution in [0.3, 0.4) is 0 Å². The third kappa shape index (κ3) is 2.65. The summed E-state index contributed by atoms with van der Waals surface area (Å²) in [7, 11) is 0. The number of aliphatic hydroxyl groups is 1. The summed E-state index contributed by atoms with van der Waals surface area (Å²) in [6, 6.07) is 7.55. The molecule has 0 spiro atoms. The fourth-order valence-electron chi connectivity index (χ4n) is 2.20. The molecule has 0 bridgehead atoms. The van der Waals surface area contributed by atoms with Crippen LogP contribution in [-0.4, -0.2) is 41.7 Å². The Morgan fingerprint density at radius 2 is 2.24 bits per heavy atom. The molecule has 2 rings (SSSR count). The molecule has 1 aliphatic heterocycles. The molecular weight excluding hydrogens is 216 g/mol. The lowest BCUT2D eigenvalue weighted by atomic mass is 10.0. The summed E-state index contributed by atoms with van der Waals surface area (Å²) in [6.45, 7) is 1.61. The summed E-state index contributed by atoms with van der Waals surface area (Å²) in [6.07, 6.45) is 1.00. The van der Waals surface area contributed by atoms with Crippen LogP contribution in [0, 0.1) is 0 Å². The second-order valence-electron chi connectivity index (χ2n) is 4.39. The molecule has 1 fully saturated rings. The molecule has 17 heavy (non-hydrogen) atoms. The minimum Gasteiger partial charge on any atom is -0.391 e. The molecule has 4 heteroatoms. The molecule has 3 N–H and O–H groups in total. The van der Waals surface area contributed by atoms with Crippen LogP contribution < -0.4 is 5.73 Å². The Labute approximate surface area is 101 Å². The number of benzene rings is 1. The van der Waals surface area contributed by atoms with Crippen molar-refractivity contribution in [3.8, 4) is 0 Å². The van der Waals surface area contributed by atoms with Crippen molar-refractivity contribution in [3.63, 3.8) is 0 Å². The van der Waals surface area contributed by atoms with E-state index in [9.17, 15) is 9.90 Å². The lowest BCUT2D eigenvalue weighted by molar-refractivity contribution is 0.0764. The summed E-state index contributed by atoms with van der Waals surface area (Å²) in [5.74, 6) is 0.00519. The van der Waals surface area contributed by atoms with Crippen LogP contribution in [0.1, 0.15) is 22.3 Å². The fraction of sp³-hybridized carbons (Fsp3) is 0.462. The molecule has 0 radical (unpaired) electrons. The summed E-state index contributed by atoms with van der Waals surface area (Å²) in [4.78, 5) is 14.0. The smallest absolute Gasteiger partial charge is 0.254 e. The number of aliphatic hydroxyl groups excluding tert-OH is 1. The lowest BCUT2D eigenvalue weighted by Crippen LogP contribution is -2.30. The molecule has 1 heterocycles. The summed E-state index contributed by atoms with van der Waals surface area (Å²) in [5, 5.41) is 9.45. The van der Waals surface area contributed by atoms with Crippen molar-refractivity contribution in [1.29, 1.82) is 0 Å². The first-order valence-electron chi connectivity index (χ1n) is 5.97. The second kappa shape index (κ2) is 5.29. The van der Waals surface area contributed by atoms with Crippen molar-refractivity contribution < 1.29 is 9.90 Å². The molecule has 1 aromatic carbocycles. The molecule has 0 aromatic heterocycles. The number of carbonyl (C=O) groups excluding carboxylic acids is 1. The zero-order valence-electron chi connectivity index (χ0n) is 9.80. The Hall–Kier alpha value is -1.39. The highest BCUT2D eigenvalue weighted by Gasteiger charge is 2.26. The van der Waals surface area contributed by atoms with Crippen molar-refractivity contribution in [2.24, 2.45) is 5.73 Å². The van der Waals surface area contributed by atoms with Gasteiger partial charge in [0.25, 0.3) is 5.91 Å². The van der Waals surface area contributed by atoms with E-state index in [1.165, 1.54) is 0 Å². The maximum absolute atomic E-state index is 12.3. The van der Waals surface area contributed by atoms with Crippen molar-refractivity contribution >= 4 is 5.91 Å². The average molecular weight is 234 g/mol. The third-order valence-electron chi connectivity index (χ3n) is 3.11. The predicted molar refractivity (Wildman–Crippen MR) is 65.7 cm³/mol. The van der Waals surface area contributed by atoms with E-state index in [0.29, 0.717) is 38.0 Å². The van der Waals surface area contributed by atoms with E-state index in [4.69, 9.17) is 5.73 Å². The Morgan fingerprint density at radius 1 is 1.47 bits per heavy atom. The van der Waals surface area contributed by atoms with E-state index in [1.54, 1.807) is 4.90 Å². The van der Waals surface area contributed by atoms with Gasteiger partial charge in [0, 0.05) is 18.7 Å². The molecule has 92 valence electrons. The van der Waals surface area contributed by atoms with Crippen LogP contribution in [0.4, 0.5) is 0 Å². The first-order valence-corrected chi connectivity index (χ1v) is 5.97. The topological polar surface area (TPSA) is 66.6 Å². The van der Waals surface area contributed by atoms with Gasteiger partial charge in [-0.1, -0.05) is 18.2 Å². The van der Waals surface area contributed by atoms with Gasteiger partial charge in [0.05, 0.1) is 6.10 Å². The number of carbonyl (C=O) groups is 1. The maximum Gasteiger partial charge on any atom is 0.254 e. The molecule has 1 amide bonds. The highest BCUT2D eigenvalue weighted by Crippen LogP contribution is 2.16. The lowest BCUT2D eigenvalue weighted by Gasteiger charge is -2.17. The van der Waals surface area contributed by atoms with Gasteiger partial charge in [-0.05, 0) is 31.0 Å². The molecule has 1 saturated heterocycles. The Balaban J connectivity index is 2.18. The highest BCUT2D eigenvalue weighted by molar-refractivity contribution is 5.95. The Kier molecular flexibility index (Phi) is 3.76. The number of nitrogens with two attached hydrogens (primary N) is 1. The van der Waals surface area contributed by atoms with E-state index < -0.39 is 0 Å². The quantitative estimate of drug-likeness (QED) is 0.795. The van der Waals surface area contributed by atoms with E-state index in [2.05, 4.69) is 0 Å². The zero-order valence-corrected chi connectivity index (χ0v) is 9.80. The van der Waals surface area contributed by atoms with Gasteiger partial charge in [-0.2, -0.15) is 0 Å². The normalized spacial score (nSPS) is 19.6. The van der Waals surface area contributed by atoms with Gasteiger partial charge in [0.2, 0.25) is 0 Å². The standard InChI is InChI=1S/C13H18N2O2/c14-7-5-10-3-1-2-4-12(10)13(17)15-8-6-11(16)9-15/h1-4,11,16H,5-9,14H2. The minimum absolute atomic E-state index is 0.00519. The van der Waals surface area contributed by atoms with Crippen LogP contribution in [0.5, 0.6) is 0 Å². The van der Waals surface area contributed by atoms with Gasteiger partial charge in [0.1, 0.15) is 0 Å². The largest absolute Gasteiger partial charge is 0.391 e. The third-order valence-corrected chi connectivity index (χ3v) is 3.11. The molecule has 1 atom stereocenters. The van der Waals surface area contributed by atoms with Gasteiger partial charge in [-0.3, -0.25) is 4.79 Å². The average Bonchev–Trinajstić information content (AvgIpc) is 2.76. The van der Waals surface area contributed by atoms with Gasteiger partial charge >= 0.3 is 0 Å². The van der Waals surface area contributed by atoms with Gasteiger partial charge in [-0.25, -0.2) is 0 Å². The molecule has 1 unspecified atom stereocenters. The van der Waals surface area contributed by atoms with E-state index in [1.807, 2.05) is 24.3 Å². The van der Waals surface area contributed by atoms with Crippen molar-refractivity contribution in [2.45, 2.75) is 18.9 Å². The monoisotopic (exact) mass is 234 g/mol. The molecular formula is C13H18N2O2. The summed E-state index contributed by atoms with van der Waals surface area (Å²) in [5.41, 5.74) is 7.24. The van der Waals surface area contributed by atoms with Crippen LogP contribution in [0.25, 0.3) is 0 Å². The van der Waals surface area contributed by atoms with E-state index in [-0.39, 0.29) is 12.0 Å². The van der Waals surface area contributed by atoms with E-state index >= 15 is 0 Å². The molecule has 1 aliphatic rings. The first kappa shape index (κ1) is 12.1. The number of β-amino-alcohol motifs (C(OH)–C–C–N with tert-alkyl or cyclic N) is 1. The van der Waals surface area contributed by atoms with Crippen LogP contribution in [-0.2, 0) is 6.42 Å². The van der Waals surface area contributed by atoms with Crippen LogP contribution >= 0.6 is 0 Å². The molecule has 4 nitrogen and oxygen atoms in total. The number of hydrogen-bond donors (Lipinski definition) is 2. The molecule has 0 aliphatic carbocycles. The number of rotatable bonds is 3. The Morgan fingerprint density at radius 3 is 2.88 bits per heavy atom. The van der Waals surface area contributed by atoms with Crippen LogP contribution in [0.2, 0.25) is 0 Å². The molecule has 0 saturated carbocycles. The molecule has 1 aromatic rings. The Bertz CT molecular complexity index is 406. The van der Waals surface area contributed by atoms with Gasteiger partial charge in [-0.15, -0.1) is 0 Å². The van der Waals surface area contributed by atoms with Crippen molar-refractivity contribution in [2.75, 3.05) is 19.6 Å². The first-order chi connectivity index (χ1) is 8.22. The maximum atomic E-state index is 12.3. The van der Waals surface area contributed by atoms with Gasteiger partial charge in [0.15, 0.2) is 0 Å². The van der Waals surface area contributed by atoms with Crippen LogP contribution in [0.15, 0.2) is 24.3 Å². The minimum atomic E-state index is -0.374. The van der Waals surface area contributed by atoms with Gasteiger partial charge < -0.3 is 15.7 Å². The SMILES string of the molecule is NCCc1ccccc1C(=O)N1CCC(O)C1. The highest BCUT2D eigenvalue weighted by atomic mass is 16.3. The fourth-order valence-corrected chi connectivity index (χ4v) is 2.20. The number of amides is 1. The van der Waals surface area contributed by atoms with Crippen molar-refractivity contribution in [1.82, 2.24) is 4.90 Å². The number of hydrogen-bond acceptors (Lipinski definition) is 3. The summed E-state index contributed by atoms with van der Waals surface area (Å²) >= 11 is 0. The predicted octanol–water partition coefficient (Wildman–Crippen LogP) is 0.395. The second-order valence-corrected chi connectivity index (χ2v) is 4.39.